The van der Waals surface area contributed by atoms with Crippen molar-refractivity contribution >= 4 is 0 Å². The zero-order valence-electron chi connectivity index (χ0n) is 8.84. The monoisotopic (exact) mass is 191 g/mol. The number of benzene rings is 1. The fourth-order valence-corrected chi connectivity index (χ4v) is 2.32. The van der Waals surface area contributed by atoms with Gasteiger partial charge >= 0.3 is 0 Å². The molecular formula is C12H17NO. The summed E-state index contributed by atoms with van der Waals surface area (Å²) in [6.07, 6.45) is 3.53. The third kappa shape index (κ3) is 1.40. The first-order valence-corrected chi connectivity index (χ1v) is 5.18. The van der Waals surface area contributed by atoms with Crippen LogP contribution in [0.4, 0.5) is 0 Å². The molecule has 0 amide bonds. The second-order valence-corrected chi connectivity index (χ2v) is 3.96. The van der Waals surface area contributed by atoms with Crippen LogP contribution in [0.15, 0.2) is 12.1 Å². The van der Waals surface area contributed by atoms with E-state index in [0.717, 1.165) is 18.6 Å². The molecule has 0 saturated heterocycles. The van der Waals surface area contributed by atoms with E-state index >= 15 is 0 Å². The first-order chi connectivity index (χ1) is 6.74. The van der Waals surface area contributed by atoms with Crippen LogP contribution in [0.25, 0.3) is 0 Å². The number of rotatable bonds is 2. The van der Waals surface area contributed by atoms with Crippen molar-refractivity contribution in [1.29, 1.82) is 0 Å². The zero-order valence-corrected chi connectivity index (χ0v) is 8.84. The Morgan fingerprint density at radius 3 is 2.64 bits per heavy atom. The lowest BCUT2D eigenvalue weighted by molar-refractivity contribution is 0.410. The van der Waals surface area contributed by atoms with E-state index in [1.165, 1.54) is 23.1 Å². The van der Waals surface area contributed by atoms with Gasteiger partial charge < -0.3 is 10.5 Å². The molecule has 14 heavy (non-hydrogen) atoms. The van der Waals surface area contributed by atoms with Gasteiger partial charge in [0.25, 0.3) is 0 Å². The van der Waals surface area contributed by atoms with Crippen LogP contribution in [-0.2, 0) is 12.8 Å². The molecule has 76 valence electrons. The van der Waals surface area contributed by atoms with Crippen molar-refractivity contribution in [2.75, 3.05) is 7.11 Å². The second kappa shape index (κ2) is 3.62. The Morgan fingerprint density at radius 1 is 1.29 bits per heavy atom. The number of methoxy groups -OCH3 is 1. The van der Waals surface area contributed by atoms with E-state index < -0.39 is 0 Å². The van der Waals surface area contributed by atoms with Crippen LogP contribution in [-0.4, -0.2) is 7.11 Å². The minimum absolute atomic E-state index is 0.132. The fraction of sp³-hybridized carbons (Fsp3) is 0.500. The van der Waals surface area contributed by atoms with Crippen LogP contribution in [0, 0.1) is 0 Å². The highest BCUT2D eigenvalue weighted by atomic mass is 16.5. The lowest BCUT2D eigenvalue weighted by Gasteiger charge is -2.14. The molecule has 0 saturated carbocycles. The van der Waals surface area contributed by atoms with Gasteiger partial charge in [-0.25, -0.2) is 0 Å². The largest absolute Gasteiger partial charge is 0.496 e. The van der Waals surface area contributed by atoms with Crippen LogP contribution >= 0.6 is 0 Å². The summed E-state index contributed by atoms with van der Waals surface area (Å²) < 4.78 is 5.35. The topological polar surface area (TPSA) is 35.2 Å². The maximum Gasteiger partial charge on any atom is 0.122 e. The Bertz CT molecular complexity index is 344. The molecule has 1 atom stereocenters. The van der Waals surface area contributed by atoms with Crippen LogP contribution in [0.3, 0.4) is 0 Å². The van der Waals surface area contributed by atoms with Crippen LogP contribution in [0.5, 0.6) is 5.75 Å². The average Bonchev–Trinajstić information content (AvgIpc) is 2.64. The summed E-state index contributed by atoms with van der Waals surface area (Å²) >= 11 is 0. The van der Waals surface area contributed by atoms with Crippen molar-refractivity contribution in [3.63, 3.8) is 0 Å². The predicted octanol–water partition coefficient (Wildman–Crippen LogP) is 2.20. The van der Waals surface area contributed by atoms with Crippen molar-refractivity contribution in [2.45, 2.75) is 32.2 Å². The maximum atomic E-state index is 5.94. The molecule has 0 heterocycles. The number of nitrogens with two attached hydrogens (primary N) is 1. The molecule has 1 aliphatic carbocycles. The molecule has 1 aromatic carbocycles. The summed E-state index contributed by atoms with van der Waals surface area (Å²) in [5.41, 5.74) is 10.0. The van der Waals surface area contributed by atoms with Gasteiger partial charge in [0.05, 0.1) is 7.11 Å². The highest BCUT2D eigenvalue weighted by Gasteiger charge is 2.20. The summed E-state index contributed by atoms with van der Waals surface area (Å²) in [4.78, 5) is 0. The fourth-order valence-electron chi connectivity index (χ4n) is 2.32. The molecule has 1 aromatic rings. The SMILES string of the molecule is COc1ccc([C@H](C)N)c2c1CCC2. The van der Waals surface area contributed by atoms with Crippen molar-refractivity contribution in [2.24, 2.45) is 5.73 Å². The third-order valence-electron chi connectivity index (χ3n) is 2.99. The van der Waals surface area contributed by atoms with Crippen molar-refractivity contribution in [3.8, 4) is 5.75 Å². The Kier molecular flexibility index (Phi) is 2.46. The van der Waals surface area contributed by atoms with Crippen molar-refractivity contribution in [1.82, 2.24) is 0 Å². The van der Waals surface area contributed by atoms with Crippen molar-refractivity contribution in [3.05, 3.63) is 28.8 Å². The Morgan fingerprint density at radius 2 is 2.00 bits per heavy atom. The first kappa shape index (κ1) is 9.53. The van der Waals surface area contributed by atoms with E-state index in [0.29, 0.717) is 0 Å². The molecular weight excluding hydrogens is 174 g/mol. The number of hydrogen-bond acceptors (Lipinski definition) is 2. The minimum Gasteiger partial charge on any atom is -0.496 e. The van der Waals surface area contributed by atoms with E-state index in [2.05, 4.69) is 6.07 Å². The molecule has 0 spiro atoms. The van der Waals surface area contributed by atoms with E-state index in [4.69, 9.17) is 10.5 Å². The molecule has 0 bridgehead atoms. The Hall–Kier alpha value is -1.02. The molecule has 0 radical (unpaired) electrons. The molecule has 0 aromatic heterocycles. The zero-order chi connectivity index (χ0) is 10.1. The lowest BCUT2D eigenvalue weighted by Crippen LogP contribution is -2.08. The quantitative estimate of drug-likeness (QED) is 0.777. The molecule has 2 N–H and O–H groups in total. The van der Waals surface area contributed by atoms with E-state index in [-0.39, 0.29) is 6.04 Å². The number of hydrogen-bond donors (Lipinski definition) is 1. The molecule has 0 fully saturated rings. The van der Waals surface area contributed by atoms with Crippen LogP contribution in [0.2, 0.25) is 0 Å². The molecule has 2 heteroatoms. The van der Waals surface area contributed by atoms with Crippen LogP contribution in [0.1, 0.15) is 36.1 Å². The normalized spacial score (nSPS) is 16.5. The second-order valence-electron chi connectivity index (χ2n) is 3.96. The van der Waals surface area contributed by atoms with E-state index in [9.17, 15) is 0 Å². The van der Waals surface area contributed by atoms with Gasteiger partial charge in [0.1, 0.15) is 5.75 Å². The highest BCUT2D eigenvalue weighted by Crippen LogP contribution is 2.34. The van der Waals surface area contributed by atoms with Gasteiger partial charge in [0, 0.05) is 6.04 Å². The first-order valence-electron chi connectivity index (χ1n) is 5.18. The van der Waals surface area contributed by atoms with Crippen LogP contribution < -0.4 is 10.5 Å². The minimum atomic E-state index is 0.132. The average molecular weight is 191 g/mol. The van der Waals surface area contributed by atoms with Gasteiger partial charge in [-0.3, -0.25) is 0 Å². The standard InChI is InChI=1S/C12H17NO/c1-8(13)9-6-7-12(14-2)11-5-3-4-10(9)11/h6-8H,3-5,13H2,1-2H3/t8-/m0/s1. The molecule has 1 aliphatic rings. The van der Waals surface area contributed by atoms with Gasteiger partial charge in [-0.2, -0.15) is 0 Å². The molecule has 0 unspecified atom stereocenters. The molecule has 2 nitrogen and oxygen atoms in total. The summed E-state index contributed by atoms with van der Waals surface area (Å²) in [5, 5.41) is 0. The smallest absolute Gasteiger partial charge is 0.122 e. The van der Waals surface area contributed by atoms with E-state index in [1.807, 2.05) is 13.0 Å². The number of fused-ring (bicyclic) bond motifs is 1. The third-order valence-corrected chi connectivity index (χ3v) is 2.99. The summed E-state index contributed by atoms with van der Waals surface area (Å²) in [7, 11) is 1.74. The van der Waals surface area contributed by atoms with Gasteiger partial charge in [-0.05, 0) is 48.9 Å². The molecule has 0 aliphatic heterocycles. The van der Waals surface area contributed by atoms with Gasteiger partial charge in [-0.1, -0.05) is 6.07 Å². The maximum absolute atomic E-state index is 5.94. The predicted molar refractivity (Wildman–Crippen MR) is 57.6 cm³/mol. The summed E-state index contributed by atoms with van der Waals surface area (Å²) in [5.74, 6) is 1.03. The lowest BCUT2D eigenvalue weighted by atomic mass is 9.98. The van der Waals surface area contributed by atoms with Gasteiger partial charge in [0.15, 0.2) is 0 Å². The summed E-state index contributed by atoms with van der Waals surface area (Å²) in [6, 6.07) is 4.28. The molecule has 2 rings (SSSR count). The van der Waals surface area contributed by atoms with Crippen molar-refractivity contribution < 1.29 is 4.74 Å². The number of ether oxygens (including phenoxy) is 1. The Labute approximate surface area is 85.1 Å². The Balaban J connectivity index is 2.53. The van der Waals surface area contributed by atoms with E-state index in [1.54, 1.807) is 7.11 Å². The summed E-state index contributed by atoms with van der Waals surface area (Å²) in [6.45, 7) is 2.04. The highest BCUT2D eigenvalue weighted by molar-refractivity contribution is 5.48. The van der Waals surface area contributed by atoms with Gasteiger partial charge in [-0.15, -0.1) is 0 Å². The van der Waals surface area contributed by atoms with Gasteiger partial charge in [0.2, 0.25) is 0 Å².